The minimum atomic E-state index is -2.27. The van der Waals surface area contributed by atoms with Crippen molar-refractivity contribution in [1.29, 1.82) is 0 Å². The third-order valence-electron chi connectivity index (χ3n) is 11.9. The number of nitrogens with one attached hydrogen (secondary N) is 1. The van der Waals surface area contributed by atoms with Gasteiger partial charge in [-0.15, -0.1) is 0 Å². The van der Waals surface area contributed by atoms with Gasteiger partial charge in [0.2, 0.25) is 5.91 Å². The Kier molecular flexibility index (Phi) is 26.2. The Morgan fingerprint density at radius 2 is 1.35 bits per heavy atom. The summed E-state index contributed by atoms with van der Waals surface area (Å²) in [7, 11) is 1.46. The number of methoxy groups -OCH3 is 1. The summed E-state index contributed by atoms with van der Waals surface area (Å²) in [5, 5.41) is 112. The second-order valence-electron chi connectivity index (χ2n) is 18.2. The maximum Gasteiger partial charge on any atom is 0.308 e. The van der Waals surface area contributed by atoms with Crippen molar-refractivity contribution in [2.45, 2.75) is 176 Å². The molecule has 0 saturated carbocycles. The van der Waals surface area contributed by atoms with E-state index in [0.717, 1.165) is 0 Å². The van der Waals surface area contributed by atoms with Crippen LogP contribution < -0.4 is 11.1 Å². The number of hydrogen-bond acceptors (Lipinski definition) is 18. The smallest absolute Gasteiger partial charge is 0.308 e. The maximum absolute atomic E-state index is 13.8. The Morgan fingerprint density at radius 3 is 1.97 bits per heavy atom. The standard InChI is InChI=1S/C49H78N2O17/c1-30-17-15-13-11-9-7-5-6-8-10-12-14-16-18-36(67-48-46(61)45(50)41(59)29-65-48)25-42-44(47(62)51-31(2)28-64-4)40(58)27-49(63,68-42)26-35(54)23-39(57)37(55)20-19-33(52)22-34(53)24-43(60)66-32(3)21-38(30)56/h5-18,30-42,44-46,48,52-59,61,63H,19-29,50H2,1-4H3,(H,51,62)/b6-5+,9-7+,10-8+,13-11+,14-12+,17-15+,18-16+/t30-,31?,32-,33?,34?,35?,36?,37?,38-,39+,40-,41+,42-,44+,45-,46-,48-,49?/m0/s1. The molecule has 3 aliphatic heterocycles. The first kappa shape index (κ1) is 58.8. The molecule has 19 nitrogen and oxygen atoms in total. The maximum atomic E-state index is 13.8. The molecule has 2 bridgehead atoms. The van der Waals surface area contributed by atoms with Gasteiger partial charge < -0.3 is 85.8 Å². The third kappa shape index (κ3) is 21.3. The molecule has 18 atom stereocenters. The number of aliphatic hydroxyl groups is 10. The van der Waals surface area contributed by atoms with Crippen LogP contribution in [0.5, 0.6) is 0 Å². The topological polar surface area (TPSA) is 321 Å². The number of cyclic esters (lactones) is 1. The van der Waals surface area contributed by atoms with E-state index in [0.29, 0.717) is 0 Å². The second kappa shape index (κ2) is 30.3. The van der Waals surface area contributed by atoms with Crippen molar-refractivity contribution in [3.63, 3.8) is 0 Å². The van der Waals surface area contributed by atoms with Gasteiger partial charge in [0.15, 0.2) is 12.1 Å². The van der Waals surface area contributed by atoms with Gasteiger partial charge in [0.1, 0.15) is 12.2 Å². The summed E-state index contributed by atoms with van der Waals surface area (Å²) >= 11 is 0. The van der Waals surface area contributed by atoms with Crippen molar-refractivity contribution >= 4 is 11.9 Å². The van der Waals surface area contributed by atoms with Crippen LogP contribution in [0.3, 0.4) is 0 Å². The minimum absolute atomic E-state index is 0.0933. The van der Waals surface area contributed by atoms with Crippen LogP contribution in [-0.2, 0) is 33.3 Å². The van der Waals surface area contributed by atoms with Crippen molar-refractivity contribution in [3.8, 4) is 0 Å². The first-order valence-electron chi connectivity index (χ1n) is 23.4. The van der Waals surface area contributed by atoms with Crippen molar-refractivity contribution in [2.24, 2.45) is 17.6 Å². The molecular weight excluding hydrogens is 889 g/mol. The lowest BCUT2D eigenvalue weighted by atomic mass is 9.82. The Hall–Kier alpha value is -3.48. The highest BCUT2D eigenvalue weighted by Gasteiger charge is 2.50. The summed E-state index contributed by atoms with van der Waals surface area (Å²) in [4.78, 5) is 26.3. The number of esters is 1. The zero-order valence-electron chi connectivity index (χ0n) is 39.6. The zero-order chi connectivity index (χ0) is 50.4. The number of carbonyl (C=O) groups is 2. The molecule has 3 rings (SSSR count). The Labute approximate surface area is 399 Å². The van der Waals surface area contributed by atoms with E-state index in [1.54, 1.807) is 68.5 Å². The number of ether oxygens (including phenoxy) is 5. The van der Waals surface area contributed by atoms with Gasteiger partial charge >= 0.3 is 5.97 Å². The molecule has 68 heavy (non-hydrogen) atoms. The first-order chi connectivity index (χ1) is 32.2. The Morgan fingerprint density at radius 1 is 0.750 bits per heavy atom. The predicted molar refractivity (Wildman–Crippen MR) is 250 cm³/mol. The SMILES string of the molecule is COCC(C)NC(=O)[C@H]1[C@@H]2CC(O[C@@H]3OC[C@@H](O)[C@H](N)[C@@H]3O)/C=C/C=C/C=C/C=C/C=C/C=C/C=C/[C@H](C)[C@@H](O)C[C@H](C)OC(=O)CC(O)CC(O)CCC(O)[C@H](O)CC(O)CC(O)(C[C@@H]1O)O2. The van der Waals surface area contributed by atoms with Crippen LogP contribution in [0.15, 0.2) is 85.1 Å². The van der Waals surface area contributed by atoms with E-state index in [4.69, 9.17) is 29.4 Å². The summed E-state index contributed by atoms with van der Waals surface area (Å²) in [6.07, 6.45) is 5.74. The van der Waals surface area contributed by atoms with E-state index in [9.17, 15) is 60.7 Å². The van der Waals surface area contributed by atoms with Gasteiger partial charge in [-0.3, -0.25) is 9.59 Å². The monoisotopic (exact) mass is 967 g/mol. The second-order valence-corrected chi connectivity index (χ2v) is 18.2. The molecule has 0 aromatic heterocycles. The third-order valence-corrected chi connectivity index (χ3v) is 11.9. The fourth-order valence-corrected chi connectivity index (χ4v) is 8.14. The van der Waals surface area contributed by atoms with Crippen LogP contribution in [0.4, 0.5) is 0 Å². The fraction of sp³-hybridized carbons (Fsp3) is 0.673. The van der Waals surface area contributed by atoms with Crippen LogP contribution in [0.1, 0.15) is 78.6 Å². The van der Waals surface area contributed by atoms with Crippen LogP contribution in [0, 0.1) is 11.8 Å². The largest absolute Gasteiger partial charge is 0.462 e. The average molecular weight is 967 g/mol. The highest BCUT2D eigenvalue weighted by Crippen LogP contribution is 2.38. The highest BCUT2D eigenvalue weighted by atomic mass is 16.7. The summed E-state index contributed by atoms with van der Waals surface area (Å²) in [5.41, 5.74) is 6.01. The first-order valence-corrected chi connectivity index (χ1v) is 23.4. The van der Waals surface area contributed by atoms with Crippen LogP contribution in [-0.4, -0.2) is 181 Å². The predicted octanol–water partition coefficient (Wildman–Crippen LogP) is 0.144. The molecule has 2 saturated heterocycles. The number of fused-ring (bicyclic) bond motifs is 2. The molecule has 19 heteroatoms. The molecule has 3 heterocycles. The Bertz CT molecular complexity index is 1710. The number of aliphatic hydroxyl groups excluding tert-OH is 9. The van der Waals surface area contributed by atoms with Gasteiger partial charge in [-0.1, -0.05) is 92.0 Å². The summed E-state index contributed by atoms with van der Waals surface area (Å²) in [6, 6.07) is -1.60. The number of rotatable bonds is 6. The normalized spacial score (nSPS) is 42.2. The molecule has 1 amide bonds. The van der Waals surface area contributed by atoms with E-state index in [-0.39, 0.29) is 51.2 Å². The van der Waals surface area contributed by atoms with Crippen LogP contribution in [0.2, 0.25) is 0 Å². The van der Waals surface area contributed by atoms with Gasteiger partial charge in [0.05, 0.1) is 92.6 Å². The molecule has 0 radical (unpaired) electrons. The van der Waals surface area contributed by atoms with E-state index in [1.165, 1.54) is 7.11 Å². The molecule has 0 aromatic rings. The van der Waals surface area contributed by atoms with E-state index >= 15 is 0 Å². The molecule has 0 aromatic carbocycles. The van der Waals surface area contributed by atoms with Gasteiger partial charge in [0.25, 0.3) is 0 Å². The zero-order valence-corrected chi connectivity index (χ0v) is 39.6. The van der Waals surface area contributed by atoms with Gasteiger partial charge in [-0.05, 0) is 33.1 Å². The molecular formula is C49H78N2O17. The number of carbonyl (C=O) groups excluding carboxylic acids is 2. The highest BCUT2D eigenvalue weighted by molar-refractivity contribution is 5.80. The molecule has 7 unspecified atom stereocenters. The molecule has 386 valence electrons. The Balaban J connectivity index is 1.91. The lowest BCUT2D eigenvalue weighted by Crippen LogP contribution is -2.60. The fourth-order valence-electron chi connectivity index (χ4n) is 8.14. The quantitative estimate of drug-likeness (QED) is 0.158. The van der Waals surface area contributed by atoms with E-state index in [2.05, 4.69) is 5.32 Å². The lowest BCUT2D eigenvalue weighted by Gasteiger charge is -2.46. The van der Waals surface area contributed by atoms with Gasteiger partial charge in [-0.25, -0.2) is 0 Å². The van der Waals surface area contributed by atoms with Crippen molar-refractivity contribution < 1.29 is 84.3 Å². The molecule has 3 aliphatic rings. The summed E-state index contributed by atoms with van der Waals surface area (Å²) in [5.74, 6) is -5.18. The summed E-state index contributed by atoms with van der Waals surface area (Å²) in [6.45, 7) is 5.05. The van der Waals surface area contributed by atoms with Gasteiger partial charge in [-0.2, -0.15) is 0 Å². The molecule has 13 N–H and O–H groups in total. The number of hydrogen-bond donors (Lipinski definition) is 12. The molecule has 0 aliphatic carbocycles. The van der Waals surface area contributed by atoms with Gasteiger partial charge in [0, 0.05) is 51.2 Å². The minimum Gasteiger partial charge on any atom is -0.462 e. The number of allylic oxidation sites excluding steroid dienone is 12. The molecule has 2 fully saturated rings. The van der Waals surface area contributed by atoms with Crippen molar-refractivity contribution in [1.82, 2.24) is 5.32 Å². The van der Waals surface area contributed by atoms with Crippen molar-refractivity contribution in [2.75, 3.05) is 20.3 Å². The number of nitrogens with two attached hydrogens (primary N) is 1. The van der Waals surface area contributed by atoms with E-state index < -0.39 is 141 Å². The summed E-state index contributed by atoms with van der Waals surface area (Å²) < 4.78 is 28.5. The number of amides is 1. The van der Waals surface area contributed by atoms with Crippen LogP contribution >= 0.6 is 0 Å². The molecule has 0 spiro atoms. The van der Waals surface area contributed by atoms with E-state index in [1.807, 2.05) is 37.3 Å². The lowest BCUT2D eigenvalue weighted by molar-refractivity contribution is -0.304. The van der Waals surface area contributed by atoms with Crippen LogP contribution in [0.25, 0.3) is 0 Å². The average Bonchev–Trinajstić information content (AvgIpc) is 3.24. The van der Waals surface area contributed by atoms with Crippen molar-refractivity contribution in [3.05, 3.63) is 85.1 Å².